The molecule has 0 spiro atoms. The smallest absolute Gasteiger partial charge is 0.157 e. The van der Waals surface area contributed by atoms with Crippen molar-refractivity contribution in [3.8, 4) is 5.75 Å². The molecular formula is C15H19NO3. The van der Waals surface area contributed by atoms with Gasteiger partial charge >= 0.3 is 0 Å². The van der Waals surface area contributed by atoms with E-state index < -0.39 is 0 Å². The molecule has 1 aliphatic heterocycles. The van der Waals surface area contributed by atoms with Crippen molar-refractivity contribution in [3.63, 3.8) is 0 Å². The SMILES string of the molecule is c1cc2cc(OCCO[C@@H]3CCCCO3)ccc2[nH]1. The van der Waals surface area contributed by atoms with Crippen LogP contribution >= 0.6 is 0 Å². The lowest BCUT2D eigenvalue weighted by molar-refractivity contribution is -0.165. The molecule has 1 aliphatic rings. The average molecular weight is 261 g/mol. The molecule has 0 amide bonds. The fourth-order valence-electron chi connectivity index (χ4n) is 2.30. The summed E-state index contributed by atoms with van der Waals surface area (Å²) in [5.74, 6) is 0.875. The second-order valence-electron chi connectivity index (χ2n) is 4.74. The fourth-order valence-corrected chi connectivity index (χ4v) is 2.30. The molecule has 2 aromatic rings. The van der Waals surface area contributed by atoms with Crippen LogP contribution in [0.3, 0.4) is 0 Å². The number of aromatic nitrogens is 1. The molecule has 1 N–H and O–H groups in total. The summed E-state index contributed by atoms with van der Waals surface area (Å²) in [5, 5.41) is 1.16. The van der Waals surface area contributed by atoms with Gasteiger partial charge in [0.2, 0.25) is 0 Å². The van der Waals surface area contributed by atoms with Gasteiger partial charge in [-0.2, -0.15) is 0 Å². The molecule has 1 saturated heterocycles. The number of ether oxygens (including phenoxy) is 3. The Kier molecular flexibility index (Phi) is 4.01. The Balaban J connectivity index is 1.43. The lowest BCUT2D eigenvalue weighted by Crippen LogP contribution is -2.24. The van der Waals surface area contributed by atoms with Crippen LogP contribution in [0.2, 0.25) is 0 Å². The maximum atomic E-state index is 5.68. The molecule has 2 heterocycles. The number of nitrogens with one attached hydrogen (secondary N) is 1. The van der Waals surface area contributed by atoms with Crippen molar-refractivity contribution < 1.29 is 14.2 Å². The van der Waals surface area contributed by atoms with E-state index in [2.05, 4.69) is 4.98 Å². The van der Waals surface area contributed by atoms with E-state index in [0.717, 1.165) is 36.1 Å². The first-order valence-electron chi connectivity index (χ1n) is 6.85. The fraction of sp³-hybridized carbons (Fsp3) is 0.467. The Morgan fingerprint density at radius 1 is 1.21 bits per heavy atom. The second-order valence-corrected chi connectivity index (χ2v) is 4.74. The largest absolute Gasteiger partial charge is 0.491 e. The third kappa shape index (κ3) is 3.28. The van der Waals surface area contributed by atoms with Crippen molar-refractivity contribution in [2.45, 2.75) is 25.6 Å². The van der Waals surface area contributed by atoms with Gasteiger partial charge in [-0.3, -0.25) is 0 Å². The van der Waals surface area contributed by atoms with E-state index in [0.29, 0.717) is 13.2 Å². The van der Waals surface area contributed by atoms with E-state index in [1.807, 2.05) is 30.5 Å². The van der Waals surface area contributed by atoms with E-state index in [9.17, 15) is 0 Å². The highest BCUT2D eigenvalue weighted by Gasteiger charge is 2.13. The lowest BCUT2D eigenvalue weighted by Gasteiger charge is -2.22. The first kappa shape index (κ1) is 12.5. The van der Waals surface area contributed by atoms with E-state index in [4.69, 9.17) is 14.2 Å². The van der Waals surface area contributed by atoms with Crippen LogP contribution in [0.4, 0.5) is 0 Å². The quantitative estimate of drug-likeness (QED) is 0.841. The topological polar surface area (TPSA) is 43.5 Å². The molecule has 0 bridgehead atoms. The van der Waals surface area contributed by atoms with Crippen molar-refractivity contribution >= 4 is 10.9 Å². The van der Waals surface area contributed by atoms with E-state index in [1.165, 1.54) is 6.42 Å². The molecule has 19 heavy (non-hydrogen) atoms. The van der Waals surface area contributed by atoms with Crippen LogP contribution in [0.1, 0.15) is 19.3 Å². The van der Waals surface area contributed by atoms with Crippen molar-refractivity contribution in [1.82, 2.24) is 4.98 Å². The van der Waals surface area contributed by atoms with Crippen LogP contribution in [-0.2, 0) is 9.47 Å². The number of fused-ring (bicyclic) bond motifs is 1. The molecule has 4 nitrogen and oxygen atoms in total. The van der Waals surface area contributed by atoms with Crippen LogP contribution in [0.15, 0.2) is 30.5 Å². The maximum absolute atomic E-state index is 5.68. The Hall–Kier alpha value is -1.52. The van der Waals surface area contributed by atoms with Crippen LogP contribution in [0.25, 0.3) is 10.9 Å². The first-order valence-corrected chi connectivity index (χ1v) is 6.85. The predicted octanol–water partition coefficient (Wildman–Crippen LogP) is 3.09. The molecular weight excluding hydrogens is 242 g/mol. The van der Waals surface area contributed by atoms with Gasteiger partial charge in [-0.1, -0.05) is 0 Å². The summed E-state index contributed by atoms with van der Waals surface area (Å²) < 4.78 is 16.8. The molecule has 4 heteroatoms. The zero-order valence-electron chi connectivity index (χ0n) is 10.9. The molecule has 102 valence electrons. The molecule has 1 aromatic carbocycles. The van der Waals surface area contributed by atoms with Gasteiger partial charge in [0.1, 0.15) is 12.4 Å². The minimum absolute atomic E-state index is 0.0375. The maximum Gasteiger partial charge on any atom is 0.157 e. The van der Waals surface area contributed by atoms with E-state index >= 15 is 0 Å². The van der Waals surface area contributed by atoms with Gasteiger partial charge in [0.25, 0.3) is 0 Å². The second kappa shape index (κ2) is 6.08. The average Bonchev–Trinajstić information content (AvgIpc) is 2.92. The Bertz CT molecular complexity index is 517. The Morgan fingerprint density at radius 3 is 3.11 bits per heavy atom. The minimum atomic E-state index is -0.0375. The summed E-state index contributed by atoms with van der Waals surface area (Å²) in [4.78, 5) is 3.16. The molecule has 0 unspecified atom stereocenters. The Morgan fingerprint density at radius 2 is 2.21 bits per heavy atom. The number of H-pyrrole nitrogens is 1. The number of hydrogen-bond donors (Lipinski definition) is 1. The highest BCUT2D eigenvalue weighted by molar-refractivity contribution is 5.80. The van der Waals surface area contributed by atoms with Crippen LogP contribution < -0.4 is 4.74 Å². The summed E-state index contributed by atoms with van der Waals surface area (Å²) in [7, 11) is 0. The predicted molar refractivity (Wildman–Crippen MR) is 73.3 cm³/mol. The molecule has 0 aliphatic carbocycles. The molecule has 1 fully saturated rings. The highest BCUT2D eigenvalue weighted by atomic mass is 16.7. The first-order chi connectivity index (χ1) is 9.42. The van der Waals surface area contributed by atoms with Crippen LogP contribution in [0.5, 0.6) is 5.75 Å². The minimum Gasteiger partial charge on any atom is -0.491 e. The molecule has 0 radical (unpaired) electrons. The summed E-state index contributed by atoms with van der Waals surface area (Å²) in [6.45, 7) is 1.93. The highest BCUT2D eigenvalue weighted by Crippen LogP contribution is 2.19. The number of hydrogen-bond acceptors (Lipinski definition) is 3. The number of rotatable bonds is 5. The number of aromatic amines is 1. The summed E-state index contributed by atoms with van der Waals surface area (Å²) in [5.41, 5.74) is 1.12. The van der Waals surface area contributed by atoms with Gasteiger partial charge < -0.3 is 19.2 Å². The van der Waals surface area contributed by atoms with Crippen molar-refractivity contribution in [3.05, 3.63) is 30.5 Å². The zero-order valence-corrected chi connectivity index (χ0v) is 10.9. The summed E-state index contributed by atoms with van der Waals surface area (Å²) in [6, 6.07) is 8.06. The van der Waals surface area contributed by atoms with E-state index in [-0.39, 0.29) is 6.29 Å². The third-order valence-electron chi connectivity index (χ3n) is 3.32. The standard InChI is InChI=1S/C15H19NO3/c1-2-8-18-15(3-1)19-10-9-17-13-4-5-14-12(11-13)6-7-16-14/h4-7,11,15-16H,1-3,8-10H2/t15-/m1/s1. The summed E-state index contributed by atoms with van der Waals surface area (Å²) >= 11 is 0. The normalized spacial score (nSPS) is 19.7. The van der Waals surface area contributed by atoms with Gasteiger partial charge in [0.15, 0.2) is 6.29 Å². The van der Waals surface area contributed by atoms with E-state index in [1.54, 1.807) is 0 Å². The van der Waals surface area contributed by atoms with Gasteiger partial charge in [-0.05, 0) is 43.5 Å². The van der Waals surface area contributed by atoms with Gasteiger partial charge in [0.05, 0.1) is 6.61 Å². The Labute approximate surface area is 112 Å². The number of benzene rings is 1. The summed E-state index contributed by atoms with van der Waals surface area (Å²) in [6.07, 6.45) is 5.22. The van der Waals surface area contributed by atoms with Gasteiger partial charge in [-0.15, -0.1) is 0 Å². The monoisotopic (exact) mass is 261 g/mol. The zero-order chi connectivity index (χ0) is 12.9. The van der Waals surface area contributed by atoms with Crippen LogP contribution in [0, 0.1) is 0 Å². The van der Waals surface area contributed by atoms with Crippen molar-refractivity contribution in [2.24, 2.45) is 0 Å². The third-order valence-corrected chi connectivity index (χ3v) is 3.32. The van der Waals surface area contributed by atoms with Gasteiger partial charge in [-0.25, -0.2) is 0 Å². The molecule has 1 aromatic heterocycles. The van der Waals surface area contributed by atoms with Gasteiger partial charge in [0, 0.05) is 23.7 Å². The molecule has 3 rings (SSSR count). The lowest BCUT2D eigenvalue weighted by atomic mass is 10.2. The molecule has 1 atom stereocenters. The molecule has 0 saturated carbocycles. The van der Waals surface area contributed by atoms with Crippen LogP contribution in [-0.4, -0.2) is 31.1 Å². The van der Waals surface area contributed by atoms with Crippen molar-refractivity contribution in [1.29, 1.82) is 0 Å². The van der Waals surface area contributed by atoms with Crippen molar-refractivity contribution in [2.75, 3.05) is 19.8 Å².